The Labute approximate surface area is 90.3 Å². The van der Waals surface area contributed by atoms with Crippen LogP contribution in [0.4, 0.5) is 4.39 Å². The maximum Gasteiger partial charge on any atom is 0.340 e. The van der Waals surface area contributed by atoms with Gasteiger partial charge in [0, 0.05) is 6.42 Å². The zero-order valence-corrected chi connectivity index (χ0v) is 8.18. The number of carboxylic acids is 1. The van der Waals surface area contributed by atoms with Crippen molar-refractivity contribution < 1.29 is 18.8 Å². The maximum absolute atomic E-state index is 12.6. The third kappa shape index (κ3) is 2.08. The molecule has 0 aliphatic heterocycles. The number of halogens is 1. The lowest BCUT2D eigenvalue weighted by Crippen LogP contribution is -1.99. The molecule has 16 heavy (non-hydrogen) atoms. The molecule has 0 atom stereocenters. The predicted octanol–water partition coefficient (Wildman–Crippen LogP) is 2.10. The standard InChI is InChI=1S/C11H8FNO3/c12-8-3-1-7(2-4-8)5-10-9(11(14)15)6-13-16-10/h1-4,6H,5H2,(H,14,15). The highest BCUT2D eigenvalue weighted by Gasteiger charge is 2.15. The minimum atomic E-state index is -1.08. The topological polar surface area (TPSA) is 63.3 Å². The first-order chi connectivity index (χ1) is 7.66. The van der Waals surface area contributed by atoms with Crippen LogP contribution in [-0.2, 0) is 6.42 Å². The Morgan fingerprint density at radius 3 is 2.69 bits per heavy atom. The van der Waals surface area contributed by atoms with E-state index in [1.807, 2.05) is 0 Å². The fraction of sp³-hybridized carbons (Fsp3) is 0.0909. The van der Waals surface area contributed by atoms with Gasteiger partial charge in [0.1, 0.15) is 11.4 Å². The SMILES string of the molecule is O=C(O)c1cnoc1Cc1ccc(F)cc1. The van der Waals surface area contributed by atoms with Gasteiger partial charge in [-0.3, -0.25) is 0 Å². The van der Waals surface area contributed by atoms with Gasteiger partial charge in [-0.25, -0.2) is 9.18 Å². The molecule has 2 aromatic rings. The summed E-state index contributed by atoms with van der Waals surface area (Å²) in [6, 6.07) is 5.77. The molecule has 0 bridgehead atoms. The second-order valence-electron chi connectivity index (χ2n) is 3.27. The monoisotopic (exact) mass is 221 g/mol. The van der Waals surface area contributed by atoms with Crippen LogP contribution >= 0.6 is 0 Å². The van der Waals surface area contributed by atoms with Crippen LogP contribution in [0.25, 0.3) is 0 Å². The Hall–Kier alpha value is -2.17. The summed E-state index contributed by atoms with van der Waals surface area (Å²) in [6.07, 6.45) is 1.43. The molecular formula is C11H8FNO3. The van der Waals surface area contributed by atoms with Crippen LogP contribution in [-0.4, -0.2) is 16.2 Å². The summed E-state index contributed by atoms with van der Waals surface area (Å²) >= 11 is 0. The number of aromatic carboxylic acids is 1. The van der Waals surface area contributed by atoms with E-state index in [0.29, 0.717) is 0 Å². The van der Waals surface area contributed by atoms with Crippen molar-refractivity contribution in [2.45, 2.75) is 6.42 Å². The molecule has 0 saturated carbocycles. The molecule has 82 valence electrons. The Morgan fingerprint density at radius 2 is 2.06 bits per heavy atom. The van der Waals surface area contributed by atoms with E-state index in [-0.39, 0.29) is 23.6 Å². The molecule has 0 fully saturated rings. The number of carboxylic acid groups (broad SMARTS) is 1. The molecule has 1 N–H and O–H groups in total. The minimum Gasteiger partial charge on any atom is -0.478 e. The number of rotatable bonds is 3. The van der Waals surface area contributed by atoms with Crippen LogP contribution in [0.2, 0.25) is 0 Å². The summed E-state index contributed by atoms with van der Waals surface area (Å²) in [5, 5.41) is 12.2. The van der Waals surface area contributed by atoms with Crippen molar-refractivity contribution in [1.82, 2.24) is 5.16 Å². The van der Waals surface area contributed by atoms with E-state index in [4.69, 9.17) is 9.63 Å². The Balaban J connectivity index is 2.23. The molecule has 5 heteroatoms. The van der Waals surface area contributed by atoms with Crippen molar-refractivity contribution in [1.29, 1.82) is 0 Å². The van der Waals surface area contributed by atoms with Crippen molar-refractivity contribution in [3.63, 3.8) is 0 Å². The third-order valence-corrected chi connectivity index (χ3v) is 2.15. The number of aromatic nitrogens is 1. The van der Waals surface area contributed by atoms with Gasteiger partial charge in [0.25, 0.3) is 0 Å². The van der Waals surface area contributed by atoms with Gasteiger partial charge in [-0.2, -0.15) is 0 Å². The summed E-state index contributed by atoms with van der Waals surface area (Å²) < 4.78 is 17.5. The van der Waals surface area contributed by atoms with E-state index in [1.165, 1.54) is 12.1 Å². The summed E-state index contributed by atoms with van der Waals surface area (Å²) in [7, 11) is 0. The highest BCUT2D eigenvalue weighted by atomic mass is 19.1. The van der Waals surface area contributed by atoms with Gasteiger partial charge >= 0.3 is 5.97 Å². The first-order valence-corrected chi connectivity index (χ1v) is 4.58. The number of benzene rings is 1. The summed E-state index contributed by atoms with van der Waals surface area (Å²) in [6.45, 7) is 0. The average molecular weight is 221 g/mol. The first-order valence-electron chi connectivity index (χ1n) is 4.58. The van der Waals surface area contributed by atoms with Gasteiger partial charge in [-0.1, -0.05) is 17.3 Å². The summed E-state index contributed by atoms with van der Waals surface area (Å²) in [5.41, 5.74) is 0.796. The molecule has 0 saturated heterocycles. The van der Waals surface area contributed by atoms with Crippen molar-refractivity contribution in [2.75, 3.05) is 0 Å². The fourth-order valence-corrected chi connectivity index (χ4v) is 1.35. The van der Waals surface area contributed by atoms with Gasteiger partial charge in [-0.05, 0) is 17.7 Å². The van der Waals surface area contributed by atoms with E-state index in [1.54, 1.807) is 12.1 Å². The molecule has 0 spiro atoms. The van der Waals surface area contributed by atoms with Gasteiger partial charge in [0.05, 0.1) is 6.20 Å². The van der Waals surface area contributed by atoms with E-state index in [9.17, 15) is 9.18 Å². The average Bonchev–Trinajstić information content (AvgIpc) is 2.69. The second kappa shape index (κ2) is 4.14. The molecular weight excluding hydrogens is 213 g/mol. The van der Waals surface area contributed by atoms with Gasteiger partial charge in [0.2, 0.25) is 0 Å². The Morgan fingerprint density at radius 1 is 1.38 bits per heavy atom. The molecule has 1 aromatic carbocycles. The maximum atomic E-state index is 12.6. The lowest BCUT2D eigenvalue weighted by atomic mass is 10.1. The largest absolute Gasteiger partial charge is 0.478 e. The molecule has 0 unspecified atom stereocenters. The van der Waals surface area contributed by atoms with Crippen LogP contribution in [0.15, 0.2) is 35.0 Å². The molecule has 0 amide bonds. The van der Waals surface area contributed by atoms with E-state index in [2.05, 4.69) is 5.16 Å². The van der Waals surface area contributed by atoms with E-state index < -0.39 is 5.97 Å². The lowest BCUT2D eigenvalue weighted by Gasteiger charge is -1.98. The van der Waals surface area contributed by atoms with E-state index in [0.717, 1.165) is 11.8 Å². The normalized spacial score (nSPS) is 10.3. The molecule has 1 aromatic heterocycles. The molecule has 1 heterocycles. The second-order valence-corrected chi connectivity index (χ2v) is 3.27. The third-order valence-electron chi connectivity index (χ3n) is 2.15. The van der Waals surface area contributed by atoms with Crippen molar-refractivity contribution in [3.8, 4) is 0 Å². The first kappa shape index (κ1) is 10.4. The van der Waals surface area contributed by atoms with Gasteiger partial charge in [0.15, 0.2) is 5.76 Å². The predicted molar refractivity (Wildman–Crippen MR) is 52.7 cm³/mol. The Kier molecular flexibility index (Phi) is 2.68. The minimum absolute atomic E-state index is 0.0318. The zero-order chi connectivity index (χ0) is 11.5. The highest BCUT2D eigenvalue weighted by Crippen LogP contribution is 2.14. The van der Waals surface area contributed by atoms with Crippen LogP contribution in [0.5, 0.6) is 0 Å². The van der Waals surface area contributed by atoms with Crippen LogP contribution in [0.3, 0.4) is 0 Å². The lowest BCUT2D eigenvalue weighted by molar-refractivity contribution is 0.0694. The number of hydrogen-bond acceptors (Lipinski definition) is 3. The van der Waals surface area contributed by atoms with Crippen molar-refractivity contribution in [2.24, 2.45) is 0 Å². The van der Waals surface area contributed by atoms with Crippen molar-refractivity contribution in [3.05, 3.63) is 53.2 Å². The van der Waals surface area contributed by atoms with Gasteiger partial charge < -0.3 is 9.63 Å². The fourth-order valence-electron chi connectivity index (χ4n) is 1.35. The molecule has 2 rings (SSSR count). The summed E-state index contributed by atoms with van der Waals surface area (Å²) in [4.78, 5) is 10.8. The molecule has 4 nitrogen and oxygen atoms in total. The van der Waals surface area contributed by atoms with E-state index >= 15 is 0 Å². The number of hydrogen-bond donors (Lipinski definition) is 1. The summed E-state index contributed by atoms with van der Waals surface area (Å²) in [5.74, 6) is -1.16. The Bertz CT molecular complexity index is 504. The smallest absolute Gasteiger partial charge is 0.340 e. The number of nitrogens with zero attached hydrogens (tertiary/aromatic N) is 1. The zero-order valence-electron chi connectivity index (χ0n) is 8.18. The highest BCUT2D eigenvalue weighted by molar-refractivity contribution is 5.88. The van der Waals surface area contributed by atoms with Crippen LogP contribution < -0.4 is 0 Å². The molecule has 0 aliphatic rings. The van der Waals surface area contributed by atoms with Crippen LogP contribution in [0.1, 0.15) is 21.7 Å². The van der Waals surface area contributed by atoms with Gasteiger partial charge in [-0.15, -0.1) is 0 Å². The van der Waals surface area contributed by atoms with Crippen molar-refractivity contribution >= 4 is 5.97 Å². The quantitative estimate of drug-likeness (QED) is 0.862. The van der Waals surface area contributed by atoms with Crippen LogP contribution in [0, 0.1) is 5.82 Å². The number of carbonyl (C=O) groups is 1. The molecule has 0 radical (unpaired) electrons. The molecule has 0 aliphatic carbocycles.